The van der Waals surface area contributed by atoms with E-state index in [1.807, 2.05) is 6.20 Å². The summed E-state index contributed by atoms with van der Waals surface area (Å²) in [4.78, 5) is 5.46. The summed E-state index contributed by atoms with van der Waals surface area (Å²) < 4.78 is 0. The molecular formula is C9H13KN2+2. The van der Waals surface area contributed by atoms with E-state index in [0.717, 1.165) is 6.54 Å². The number of nitrogens with one attached hydrogen (secondary N) is 1. The van der Waals surface area contributed by atoms with E-state index in [4.69, 9.17) is 0 Å². The number of aromatic amines is 1. The van der Waals surface area contributed by atoms with Crippen LogP contribution in [-0.2, 0) is 13.0 Å². The van der Waals surface area contributed by atoms with Crippen LogP contribution in [-0.4, -0.2) is 18.5 Å². The van der Waals surface area contributed by atoms with Crippen LogP contribution in [0.25, 0.3) is 0 Å². The first-order valence-electron chi connectivity index (χ1n) is 4.02. The van der Waals surface area contributed by atoms with Gasteiger partial charge in [-0.3, -0.25) is 0 Å². The first-order valence-corrected chi connectivity index (χ1v) is 4.02. The molecular weight excluding hydrogens is 175 g/mol. The second kappa shape index (κ2) is 4.84. The monoisotopic (exact) mass is 188 g/mol. The first kappa shape index (κ1) is 10.8. The van der Waals surface area contributed by atoms with Crippen LogP contribution in [0.2, 0.25) is 0 Å². The van der Waals surface area contributed by atoms with Crippen LogP contribution in [0.3, 0.4) is 0 Å². The Balaban J connectivity index is 0.000000720. The number of fused-ring (bicyclic) bond motifs is 1. The van der Waals surface area contributed by atoms with Gasteiger partial charge in [-0.1, -0.05) is 0 Å². The van der Waals surface area contributed by atoms with Crippen LogP contribution in [0, 0.1) is 0 Å². The molecule has 1 N–H and O–H groups in total. The van der Waals surface area contributed by atoms with Crippen LogP contribution in [0.15, 0.2) is 18.5 Å². The third kappa shape index (κ3) is 2.37. The molecule has 0 fully saturated rings. The number of H-pyrrole nitrogens is 1. The van der Waals surface area contributed by atoms with Gasteiger partial charge in [0.1, 0.15) is 0 Å². The molecule has 58 valence electrons. The molecule has 0 spiro atoms. The fraction of sp³-hybridized carbons (Fsp3) is 0.444. The zero-order valence-electron chi connectivity index (χ0n) is 7.80. The number of likely N-dealkylation sites (N-methyl/N-ethyl adjacent to an activating group) is 1. The molecule has 0 bridgehead atoms. The maximum atomic E-state index is 3.11. The SMILES string of the molecule is CN1CCc2cc[nH+]cc2C1.[K+]. The molecule has 2 heterocycles. The summed E-state index contributed by atoms with van der Waals surface area (Å²) in [6.07, 6.45) is 5.30. The van der Waals surface area contributed by atoms with Crippen molar-refractivity contribution >= 4 is 0 Å². The van der Waals surface area contributed by atoms with Gasteiger partial charge in [0.25, 0.3) is 0 Å². The van der Waals surface area contributed by atoms with Crippen LogP contribution < -0.4 is 56.4 Å². The molecule has 3 heteroatoms. The van der Waals surface area contributed by atoms with E-state index in [0.29, 0.717) is 0 Å². The van der Waals surface area contributed by atoms with Crippen LogP contribution in [0.1, 0.15) is 11.1 Å². The molecule has 0 atom stereocenters. The Hall–Kier alpha value is 0.746. The van der Waals surface area contributed by atoms with Crippen molar-refractivity contribution in [3.63, 3.8) is 0 Å². The van der Waals surface area contributed by atoms with Gasteiger partial charge in [-0.2, -0.15) is 0 Å². The van der Waals surface area contributed by atoms with Gasteiger partial charge in [0, 0.05) is 24.7 Å². The third-order valence-corrected chi connectivity index (χ3v) is 2.25. The predicted molar refractivity (Wildman–Crippen MR) is 43.0 cm³/mol. The number of hydrogen-bond donors (Lipinski definition) is 0. The van der Waals surface area contributed by atoms with Crippen LogP contribution in [0.5, 0.6) is 0 Å². The minimum absolute atomic E-state index is 0. The average molecular weight is 188 g/mol. The summed E-state index contributed by atoms with van der Waals surface area (Å²) in [5.41, 5.74) is 2.95. The molecule has 1 aromatic heterocycles. The topological polar surface area (TPSA) is 17.4 Å². The summed E-state index contributed by atoms with van der Waals surface area (Å²) in [7, 11) is 2.16. The number of pyridine rings is 1. The average Bonchev–Trinajstić information content (AvgIpc) is 2.04. The van der Waals surface area contributed by atoms with E-state index >= 15 is 0 Å². The van der Waals surface area contributed by atoms with Gasteiger partial charge in [0.15, 0.2) is 12.4 Å². The molecule has 1 aromatic rings. The molecule has 0 saturated carbocycles. The van der Waals surface area contributed by atoms with E-state index in [1.165, 1.54) is 24.1 Å². The Labute approximate surface area is 116 Å². The number of rotatable bonds is 0. The van der Waals surface area contributed by atoms with Crippen molar-refractivity contribution in [2.24, 2.45) is 0 Å². The minimum atomic E-state index is 0. The molecule has 1 aliphatic heterocycles. The summed E-state index contributed by atoms with van der Waals surface area (Å²) in [5, 5.41) is 0. The van der Waals surface area contributed by atoms with Gasteiger partial charge in [-0.25, -0.2) is 4.98 Å². The maximum Gasteiger partial charge on any atom is 1.00 e. The molecule has 0 aliphatic carbocycles. The quantitative estimate of drug-likeness (QED) is 0.411. The second-order valence-electron chi connectivity index (χ2n) is 3.18. The van der Waals surface area contributed by atoms with Crippen molar-refractivity contribution in [2.45, 2.75) is 13.0 Å². The van der Waals surface area contributed by atoms with Gasteiger partial charge in [0.05, 0.1) is 0 Å². The summed E-state index contributed by atoms with van der Waals surface area (Å²) in [6.45, 7) is 2.28. The Morgan fingerprint density at radius 1 is 1.42 bits per heavy atom. The Kier molecular flexibility index (Phi) is 4.36. The van der Waals surface area contributed by atoms with Crippen molar-refractivity contribution in [3.8, 4) is 0 Å². The van der Waals surface area contributed by atoms with Crippen molar-refractivity contribution in [2.75, 3.05) is 13.6 Å². The second-order valence-corrected chi connectivity index (χ2v) is 3.18. The smallest absolute Gasteiger partial charge is 0.302 e. The predicted octanol–water partition coefficient (Wildman–Crippen LogP) is -2.51. The van der Waals surface area contributed by atoms with Gasteiger partial charge in [0.2, 0.25) is 0 Å². The Morgan fingerprint density at radius 3 is 3.08 bits per heavy atom. The maximum absolute atomic E-state index is 3.11. The number of nitrogens with zero attached hydrogens (tertiary/aromatic N) is 1. The zero-order chi connectivity index (χ0) is 7.68. The summed E-state index contributed by atoms with van der Waals surface area (Å²) in [5.74, 6) is 0. The number of hydrogen-bond acceptors (Lipinski definition) is 1. The molecule has 0 aromatic carbocycles. The normalized spacial score (nSPS) is 16.4. The van der Waals surface area contributed by atoms with Crippen molar-refractivity contribution in [1.82, 2.24) is 4.90 Å². The first-order chi connectivity index (χ1) is 5.36. The van der Waals surface area contributed by atoms with Gasteiger partial charge >= 0.3 is 51.4 Å². The van der Waals surface area contributed by atoms with Gasteiger partial charge in [-0.15, -0.1) is 0 Å². The molecule has 1 aliphatic rings. The van der Waals surface area contributed by atoms with E-state index < -0.39 is 0 Å². The van der Waals surface area contributed by atoms with E-state index in [1.54, 1.807) is 0 Å². The van der Waals surface area contributed by atoms with Crippen LogP contribution in [0.4, 0.5) is 0 Å². The van der Waals surface area contributed by atoms with E-state index in [2.05, 4.69) is 29.2 Å². The largest absolute Gasteiger partial charge is 1.00 e. The molecule has 0 unspecified atom stereocenters. The van der Waals surface area contributed by atoms with E-state index in [-0.39, 0.29) is 51.4 Å². The summed E-state index contributed by atoms with van der Waals surface area (Å²) >= 11 is 0. The van der Waals surface area contributed by atoms with E-state index in [9.17, 15) is 0 Å². The fourth-order valence-corrected chi connectivity index (χ4v) is 1.57. The van der Waals surface area contributed by atoms with Gasteiger partial charge in [-0.05, 0) is 19.0 Å². The molecule has 0 saturated heterocycles. The Morgan fingerprint density at radius 2 is 2.25 bits per heavy atom. The molecule has 12 heavy (non-hydrogen) atoms. The summed E-state index contributed by atoms with van der Waals surface area (Å²) in [6, 6.07) is 2.18. The van der Waals surface area contributed by atoms with Gasteiger partial charge < -0.3 is 4.90 Å². The van der Waals surface area contributed by atoms with Crippen molar-refractivity contribution in [3.05, 3.63) is 29.6 Å². The zero-order valence-corrected chi connectivity index (χ0v) is 10.9. The Bertz CT molecular complexity index is 262. The molecule has 0 amide bonds. The minimum Gasteiger partial charge on any atom is -0.302 e. The number of aromatic nitrogens is 1. The standard InChI is InChI=1S/C9H12N2.K/c1-11-5-3-8-2-4-10-6-9(8)7-11;/h2,4,6H,3,5,7H2,1H3;/q;+1/p+1. The van der Waals surface area contributed by atoms with Crippen LogP contribution >= 0.6 is 0 Å². The molecule has 2 rings (SSSR count). The molecule has 2 nitrogen and oxygen atoms in total. The third-order valence-electron chi connectivity index (χ3n) is 2.25. The molecule has 0 radical (unpaired) electrons. The van der Waals surface area contributed by atoms with Crippen molar-refractivity contribution in [1.29, 1.82) is 0 Å². The van der Waals surface area contributed by atoms with Crippen molar-refractivity contribution < 1.29 is 56.4 Å². The fourth-order valence-electron chi connectivity index (χ4n) is 1.57.